The summed E-state index contributed by atoms with van der Waals surface area (Å²) in [6.07, 6.45) is 0. The van der Waals surface area contributed by atoms with Crippen molar-refractivity contribution in [2.45, 2.75) is 19.4 Å². The molecular formula is C10H6BN3O. The highest BCUT2D eigenvalue weighted by Crippen LogP contribution is 2.38. The Balaban J connectivity index is 3.47. The molecule has 0 fully saturated rings. The summed E-state index contributed by atoms with van der Waals surface area (Å²) in [6, 6.07) is 1.68. The molecule has 2 radical (unpaired) electrons. The number of nitriles is 1. The van der Waals surface area contributed by atoms with Crippen LogP contribution in [0, 0.1) is 24.5 Å². The standard InChI is InChI=1S/C10H6BN3O/c1-10(2)9(11)7(14-4)8(15-10)6(5-12)13-3/h1-2H3/b8-6+. The number of hydrogen-bond acceptors (Lipinski definition) is 2. The van der Waals surface area contributed by atoms with Crippen LogP contribution in [-0.4, -0.2) is 13.4 Å². The van der Waals surface area contributed by atoms with Crippen LogP contribution in [0.1, 0.15) is 13.8 Å². The Bertz CT molecular complexity index is 478. The molecule has 0 aromatic carbocycles. The minimum Gasteiger partial charge on any atom is -0.507 e. The van der Waals surface area contributed by atoms with Crippen molar-refractivity contribution in [2.75, 3.05) is 0 Å². The molecule has 70 valence electrons. The zero-order valence-corrected chi connectivity index (χ0v) is 8.33. The van der Waals surface area contributed by atoms with E-state index in [0.717, 1.165) is 0 Å². The molecule has 0 N–H and O–H groups in total. The molecule has 0 atom stereocenters. The van der Waals surface area contributed by atoms with Gasteiger partial charge in [-0.05, 0) is 13.8 Å². The zero-order chi connectivity index (χ0) is 11.6. The van der Waals surface area contributed by atoms with Gasteiger partial charge in [0.15, 0.2) is 0 Å². The minimum absolute atomic E-state index is 0.00926. The molecule has 0 spiro atoms. The molecule has 1 aliphatic rings. The molecule has 0 saturated carbocycles. The van der Waals surface area contributed by atoms with Crippen molar-refractivity contribution in [1.82, 2.24) is 0 Å². The topological polar surface area (TPSA) is 41.7 Å². The van der Waals surface area contributed by atoms with Gasteiger partial charge in [-0.3, -0.25) is 0 Å². The quantitative estimate of drug-likeness (QED) is 0.335. The second-order valence-corrected chi connectivity index (χ2v) is 3.39. The van der Waals surface area contributed by atoms with Crippen molar-refractivity contribution in [3.8, 4) is 6.07 Å². The molecule has 0 aromatic rings. The summed E-state index contributed by atoms with van der Waals surface area (Å²) in [5, 5.41) is 8.69. The predicted molar refractivity (Wildman–Crippen MR) is 53.8 cm³/mol. The predicted octanol–water partition coefficient (Wildman–Crippen LogP) is 1.75. The molecule has 0 unspecified atom stereocenters. The molecular weight excluding hydrogens is 189 g/mol. The van der Waals surface area contributed by atoms with Crippen LogP contribution in [0.15, 0.2) is 22.6 Å². The molecule has 0 aromatic heterocycles. The Morgan fingerprint density at radius 3 is 2.53 bits per heavy atom. The average Bonchev–Trinajstić information content (AvgIpc) is 2.40. The summed E-state index contributed by atoms with van der Waals surface area (Å²) < 4.78 is 5.34. The van der Waals surface area contributed by atoms with E-state index < -0.39 is 5.60 Å². The van der Waals surface area contributed by atoms with Gasteiger partial charge in [0.1, 0.15) is 11.4 Å². The van der Waals surface area contributed by atoms with Gasteiger partial charge in [0.2, 0.25) is 5.70 Å². The van der Waals surface area contributed by atoms with Gasteiger partial charge in [0.05, 0.1) is 27.1 Å². The third kappa shape index (κ3) is 1.58. The Kier molecular flexibility index (Phi) is 2.56. The molecule has 0 saturated heterocycles. The summed E-state index contributed by atoms with van der Waals surface area (Å²) in [4.78, 5) is 6.19. The van der Waals surface area contributed by atoms with E-state index in [1.165, 1.54) is 0 Å². The van der Waals surface area contributed by atoms with Crippen molar-refractivity contribution < 1.29 is 4.74 Å². The van der Waals surface area contributed by atoms with Crippen LogP contribution in [-0.2, 0) is 4.74 Å². The van der Waals surface area contributed by atoms with Gasteiger partial charge in [-0.2, -0.15) is 0 Å². The van der Waals surface area contributed by atoms with E-state index in [0.29, 0.717) is 0 Å². The van der Waals surface area contributed by atoms with Gasteiger partial charge in [-0.1, -0.05) is 5.47 Å². The normalized spacial score (nSPS) is 21.0. The van der Waals surface area contributed by atoms with Crippen molar-refractivity contribution in [1.29, 1.82) is 5.26 Å². The summed E-state index contributed by atoms with van der Waals surface area (Å²) in [7, 11) is 5.70. The first-order valence-electron chi connectivity index (χ1n) is 4.06. The van der Waals surface area contributed by atoms with E-state index in [-0.39, 0.29) is 22.6 Å². The van der Waals surface area contributed by atoms with Crippen molar-refractivity contribution in [3.63, 3.8) is 0 Å². The third-order valence-electron chi connectivity index (χ3n) is 2.02. The largest absolute Gasteiger partial charge is 0.507 e. The summed E-state index contributed by atoms with van der Waals surface area (Å²) >= 11 is 0. The Morgan fingerprint density at radius 1 is 1.53 bits per heavy atom. The lowest BCUT2D eigenvalue weighted by Gasteiger charge is -2.21. The number of rotatable bonds is 0. The molecule has 4 nitrogen and oxygen atoms in total. The highest BCUT2D eigenvalue weighted by atomic mass is 16.5. The second kappa shape index (κ2) is 3.52. The van der Waals surface area contributed by atoms with Crippen LogP contribution in [0.2, 0.25) is 0 Å². The van der Waals surface area contributed by atoms with Crippen LogP contribution in [0.3, 0.4) is 0 Å². The SMILES string of the molecule is [B]C1=C([N+]#[C-])/C(=C(/C#N)[N+]#[C-])OC1(C)C. The fourth-order valence-corrected chi connectivity index (χ4v) is 1.16. The molecule has 1 heterocycles. The fourth-order valence-electron chi connectivity index (χ4n) is 1.16. The number of allylic oxidation sites excluding steroid dienone is 1. The molecule has 5 heteroatoms. The average molecular weight is 195 g/mol. The molecule has 1 rings (SSSR count). The lowest BCUT2D eigenvalue weighted by Crippen LogP contribution is -2.21. The summed E-state index contributed by atoms with van der Waals surface area (Å²) in [6.45, 7) is 17.1. The van der Waals surface area contributed by atoms with Gasteiger partial charge < -0.3 is 4.74 Å². The van der Waals surface area contributed by atoms with E-state index in [1.807, 2.05) is 0 Å². The van der Waals surface area contributed by atoms with Crippen LogP contribution < -0.4 is 0 Å². The maximum Gasteiger partial charge on any atom is 0.292 e. The van der Waals surface area contributed by atoms with Crippen molar-refractivity contribution in [3.05, 3.63) is 45.5 Å². The Hall–Kier alpha value is -2.19. The zero-order valence-electron chi connectivity index (χ0n) is 8.33. The minimum atomic E-state index is -0.831. The first-order chi connectivity index (χ1) is 6.97. The highest BCUT2D eigenvalue weighted by Gasteiger charge is 2.36. The second-order valence-electron chi connectivity index (χ2n) is 3.39. The van der Waals surface area contributed by atoms with Gasteiger partial charge in [0.25, 0.3) is 5.70 Å². The van der Waals surface area contributed by atoms with Crippen molar-refractivity contribution >= 4 is 7.85 Å². The van der Waals surface area contributed by atoms with Gasteiger partial charge in [0, 0.05) is 0 Å². The highest BCUT2D eigenvalue weighted by molar-refractivity contribution is 6.24. The molecule has 0 bridgehead atoms. The molecule has 0 amide bonds. The third-order valence-corrected chi connectivity index (χ3v) is 2.02. The lowest BCUT2D eigenvalue weighted by atomic mass is 9.82. The summed E-state index contributed by atoms with van der Waals surface area (Å²) in [5.74, 6) is -0.00926. The monoisotopic (exact) mass is 195 g/mol. The van der Waals surface area contributed by atoms with E-state index in [4.69, 9.17) is 31.0 Å². The maximum absolute atomic E-state index is 8.69. The van der Waals surface area contributed by atoms with Crippen molar-refractivity contribution in [2.24, 2.45) is 0 Å². The van der Waals surface area contributed by atoms with E-state index in [2.05, 4.69) is 9.69 Å². The van der Waals surface area contributed by atoms with E-state index >= 15 is 0 Å². The van der Waals surface area contributed by atoms with E-state index in [1.54, 1.807) is 19.9 Å². The maximum atomic E-state index is 8.69. The first-order valence-corrected chi connectivity index (χ1v) is 4.06. The molecule has 15 heavy (non-hydrogen) atoms. The van der Waals surface area contributed by atoms with Crippen LogP contribution in [0.25, 0.3) is 9.69 Å². The fraction of sp³-hybridized carbons (Fsp3) is 0.300. The van der Waals surface area contributed by atoms with Gasteiger partial charge >= 0.3 is 0 Å². The number of nitrogens with zero attached hydrogens (tertiary/aromatic N) is 3. The van der Waals surface area contributed by atoms with Gasteiger partial charge in [-0.25, -0.2) is 15.0 Å². The molecule has 1 aliphatic heterocycles. The van der Waals surface area contributed by atoms with Crippen LogP contribution in [0.4, 0.5) is 0 Å². The first kappa shape index (κ1) is 10.9. The smallest absolute Gasteiger partial charge is 0.292 e. The van der Waals surface area contributed by atoms with Gasteiger partial charge in [-0.15, -0.1) is 0 Å². The molecule has 0 aliphatic carbocycles. The van der Waals surface area contributed by atoms with Crippen LogP contribution in [0.5, 0.6) is 0 Å². The Labute approximate surface area is 89.5 Å². The Morgan fingerprint density at radius 2 is 2.13 bits per heavy atom. The van der Waals surface area contributed by atoms with E-state index in [9.17, 15) is 0 Å². The van der Waals surface area contributed by atoms with Crippen LogP contribution >= 0.6 is 0 Å². The summed E-state index contributed by atoms with van der Waals surface area (Å²) in [5.41, 5.74) is -0.756. The number of ether oxygens (including phenoxy) is 1. The lowest BCUT2D eigenvalue weighted by molar-refractivity contribution is 0.0980. The number of hydrogen-bond donors (Lipinski definition) is 0.